The monoisotopic (exact) mass is 352 g/mol. The number of fused-ring (bicyclic) bond motifs is 1. The van der Waals surface area contributed by atoms with Gasteiger partial charge in [-0.25, -0.2) is 4.39 Å². The van der Waals surface area contributed by atoms with E-state index >= 15 is 0 Å². The van der Waals surface area contributed by atoms with Crippen LogP contribution in [-0.2, 0) is 11.2 Å². The molecule has 2 aromatic carbocycles. The normalized spacial score (nSPS) is 18.0. The standard InChI is InChI=1S/C22H25FN2O/c1-26-15-18-8-5-12-25(18)13-11-20-19-9-2-3-10-21(19)24-22(20)16-6-4-7-17(23)14-16/h2-4,6-7,9-10,14,18,24H,5,8,11-13,15H2,1H3/t18-/m0/s1. The molecule has 0 radical (unpaired) electrons. The summed E-state index contributed by atoms with van der Waals surface area (Å²) in [5, 5.41) is 1.23. The topological polar surface area (TPSA) is 28.3 Å². The Bertz CT molecular complexity index is 889. The molecule has 4 heteroatoms. The molecule has 0 aliphatic carbocycles. The molecule has 2 heterocycles. The van der Waals surface area contributed by atoms with E-state index in [1.54, 1.807) is 19.2 Å². The number of rotatable bonds is 6. The molecular formula is C22H25FN2O. The summed E-state index contributed by atoms with van der Waals surface area (Å²) in [5.74, 6) is -0.202. The second-order valence-electron chi connectivity index (χ2n) is 7.07. The van der Waals surface area contributed by atoms with Crippen LogP contribution in [0.5, 0.6) is 0 Å². The zero-order valence-corrected chi connectivity index (χ0v) is 15.2. The molecule has 4 rings (SSSR count). The van der Waals surface area contributed by atoms with E-state index in [4.69, 9.17) is 4.74 Å². The molecule has 1 fully saturated rings. The zero-order chi connectivity index (χ0) is 17.9. The van der Waals surface area contributed by atoms with Gasteiger partial charge in [0, 0.05) is 41.9 Å². The van der Waals surface area contributed by atoms with Crippen LogP contribution in [0.15, 0.2) is 48.5 Å². The summed E-state index contributed by atoms with van der Waals surface area (Å²) in [7, 11) is 1.78. The van der Waals surface area contributed by atoms with Gasteiger partial charge in [-0.05, 0) is 49.6 Å². The average Bonchev–Trinajstić information content (AvgIpc) is 3.24. The zero-order valence-electron chi connectivity index (χ0n) is 15.2. The van der Waals surface area contributed by atoms with Gasteiger partial charge in [0.2, 0.25) is 0 Å². The number of hydrogen-bond acceptors (Lipinski definition) is 2. The number of H-pyrrole nitrogens is 1. The molecule has 0 saturated carbocycles. The van der Waals surface area contributed by atoms with Crippen molar-refractivity contribution in [1.82, 2.24) is 9.88 Å². The predicted molar refractivity (Wildman–Crippen MR) is 104 cm³/mol. The first-order valence-electron chi connectivity index (χ1n) is 9.35. The van der Waals surface area contributed by atoms with Crippen molar-refractivity contribution in [2.75, 3.05) is 26.8 Å². The fourth-order valence-corrected chi connectivity index (χ4v) is 4.18. The molecule has 26 heavy (non-hydrogen) atoms. The summed E-state index contributed by atoms with van der Waals surface area (Å²) in [5.41, 5.74) is 4.32. The lowest BCUT2D eigenvalue weighted by atomic mass is 10.0. The van der Waals surface area contributed by atoms with Crippen LogP contribution in [0.4, 0.5) is 4.39 Å². The number of methoxy groups -OCH3 is 1. The minimum absolute atomic E-state index is 0.202. The van der Waals surface area contributed by atoms with Crippen LogP contribution >= 0.6 is 0 Å². The van der Waals surface area contributed by atoms with E-state index < -0.39 is 0 Å². The Kier molecular flexibility index (Phi) is 5.05. The maximum absolute atomic E-state index is 13.8. The third kappa shape index (κ3) is 3.39. The Hall–Kier alpha value is -2.17. The third-order valence-electron chi connectivity index (χ3n) is 5.43. The Morgan fingerprint density at radius 2 is 2.08 bits per heavy atom. The number of hydrogen-bond donors (Lipinski definition) is 1. The lowest BCUT2D eigenvalue weighted by Gasteiger charge is -2.23. The number of likely N-dealkylation sites (tertiary alicyclic amines) is 1. The lowest BCUT2D eigenvalue weighted by Crippen LogP contribution is -2.34. The highest BCUT2D eigenvalue weighted by molar-refractivity contribution is 5.90. The van der Waals surface area contributed by atoms with Crippen molar-refractivity contribution in [2.24, 2.45) is 0 Å². The van der Waals surface area contributed by atoms with Crippen molar-refractivity contribution in [2.45, 2.75) is 25.3 Å². The number of halogens is 1. The van der Waals surface area contributed by atoms with E-state index in [9.17, 15) is 4.39 Å². The van der Waals surface area contributed by atoms with Gasteiger partial charge >= 0.3 is 0 Å². The van der Waals surface area contributed by atoms with Crippen LogP contribution < -0.4 is 0 Å². The minimum Gasteiger partial charge on any atom is -0.383 e. The Morgan fingerprint density at radius 1 is 1.19 bits per heavy atom. The summed E-state index contributed by atoms with van der Waals surface area (Å²) in [4.78, 5) is 6.04. The molecule has 1 aliphatic heterocycles. The fourth-order valence-electron chi connectivity index (χ4n) is 4.18. The van der Waals surface area contributed by atoms with Crippen LogP contribution in [0.25, 0.3) is 22.2 Å². The molecule has 3 aromatic rings. The summed E-state index contributed by atoms with van der Waals surface area (Å²) in [6.45, 7) is 2.93. The number of nitrogens with zero attached hydrogens (tertiary/aromatic N) is 1. The molecule has 136 valence electrons. The van der Waals surface area contributed by atoms with Gasteiger partial charge in [-0.1, -0.05) is 30.3 Å². The van der Waals surface area contributed by atoms with Crippen LogP contribution in [0.3, 0.4) is 0 Å². The predicted octanol–water partition coefficient (Wildman–Crippen LogP) is 4.63. The van der Waals surface area contributed by atoms with Crippen LogP contribution in [-0.4, -0.2) is 42.7 Å². The molecule has 1 saturated heterocycles. The van der Waals surface area contributed by atoms with Gasteiger partial charge in [0.15, 0.2) is 0 Å². The van der Waals surface area contributed by atoms with Crippen LogP contribution in [0.1, 0.15) is 18.4 Å². The van der Waals surface area contributed by atoms with Gasteiger partial charge in [0.1, 0.15) is 5.82 Å². The van der Waals surface area contributed by atoms with Crippen molar-refractivity contribution >= 4 is 10.9 Å². The first kappa shape index (κ1) is 17.3. The highest BCUT2D eigenvalue weighted by atomic mass is 19.1. The maximum Gasteiger partial charge on any atom is 0.123 e. The van der Waals surface area contributed by atoms with Gasteiger partial charge in [-0.3, -0.25) is 4.90 Å². The van der Waals surface area contributed by atoms with Crippen molar-refractivity contribution in [3.05, 3.63) is 59.9 Å². The molecule has 0 bridgehead atoms. The number of ether oxygens (including phenoxy) is 1. The lowest BCUT2D eigenvalue weighted by molar-refractivity contribution is 0.116. The molecular weight excluding hydrogens is 327 g/mol. The van der Waals surface area contributed by atoms with Crippen LogP contribution in [0.2, 0.25) is 0 Å². The highest BCUT2D eigenvalue weighted by Gasteiger charge is 2.24. The molecule has 1 aliphatic rings. The first-order chi connectivity index (χ1) is 12.8. The van der Waals surface area contributed by atoms with Gasteiger partial charge in [-0.2, -0.15) is 0 Å². The second-order valence-corrected chi connectivity index (χ2v) is 7.07. The van der Waals surface area contributed by atoms with Crippen molar-refractivity contribution in [3.8, 4) is 11.3 Å². The van der Waals surface area contributed by atoms with E-state index in [0.717, 1.165) is 42.9 Å². The smallest absolute Gasteiger partial charge is 0.123 e. The largest absolute Gasteiger partial charge is 0.383 e. The van der Waals surface area contributed by atoms with E-state index in [1.165, 1.54) is 29.9 Å². The van der Waals surface area contributed by atoms with E-state index in [-0.39, 0.29) is 5.82 Å². The maximum atomic E-state index is 13.8. The summed E-state index contributed by atoms with van der Waals surface area (Å²) < 4.78 is 19.2. The van der Waals surface area contributed by atoms with Crippen molar-refractivity contribution < 1.29 is 9.13 Å². The SMILES string of the molecule is COC[C@@H]1CCCN1CCc1c(-c2cccc(F)c2)[nH]c2ccccc12. The van der Waals surface area contributed by atoms with E-state index in [2.05, 4.69) is 28.1 Å². The highest BCUT2D eigenvalue weighted by Crippen LogP contribution is 2.31. The van der Waals surface area contributed by atoms with E-state index in [1.807, 2.05) is 12.1 Å². The number of aromatic amines is 1. The van der Waals surface area contributed by atoms with Crippen molar-refractivity contribution in [3.63, 3.8) is 0 Å². The second kappa shape index (κ2) is 7.60. The molecule has 3 nitrogen and oxygen atoms in total. The van der Waals surface area contributed by atoms with Crippen molar-refractivity contribution in [1.29, 1.82) is 0 Å². The first-order valence-corrected chi connectivity index (χ1v) is 9.35. The quantitative estimate of drug-likeness (QED) is 0.701. The minimum atomic E-state index is -0.202. The summed E-state index contributed by atoms with van der Waals surface area (Å²) >= 11 is 0. The van der Waals surface area contributed by atoms with Crippen LogP contribution in [0, 0.1) is 5.82 Å². The molecule has 1 N–H and O–H groups in total. The Morgan fingerprint density at radius 3 is 2.92 bits per heavy atom. The fraction of sp³-hybridized carbons (Fsp3) is 0.364. The van der Waals surface area contributed by atoms with E-state index in [0.29, 0.717) is 6.04 Å². The Labute approximate surface area is 153 Å². The van der Waals surface area contributed by atoms with Gasteiger partial charge in [0.05, 0.1) is 6.61 Å². The molecule has 1 atom stereocenters. The third-order valence-corrected chi connectivity index (χ3v) is 5.43. The number of nitrogens with one attached hydrogen (secondary N) is 1. The molecule has 0 amide bonds. The summed E-state index contributed by atoms with van der Waals surface area (Å²) in [6, 6.07) is 15.7. The number of para-hydroxylation sites is 1. The van der Waals surface area contributed by atoms with Gasteiger partial charge < -0.3 is 9.72 Å². The number of benzene rings is 2. The molecule has 0 spiro atoms. The number of aromatic nitrogens is 1. The molecule has 1 aromatic heterocycles. The summed E-state index contributed by atoms with van der Waals surface area (Å²) in [6.07, 6.45) is 3.38. The van der Waals surface area contributed by atoms with Gasteiger partial charge in [0.25, 0.3) is 0 Å². The Balaban J connectivity index is 1.66. The average molecular weight is 352 g/mol. The van der Waals surface area contributed by atoms with Gasteiger partial charge in [-0.15, -0.1) is 0 Å². The molecule has 0 unspecified atom stereocenters.